The third kappa shape index (κ3) is 4.59. The van der Waals surface area contributed by atoms with E-state index < -0.39 is 10.0 Å². The zero-order chi connectivity index (χ0) is 26.7. The number of rotatable bonds is 6. The number of benzene rings is 1. The lowest BCUT2D eigenvalue weighted by Gasteiger charge is -2.41. The predicted molar refractivity (Wildman–Crippen MR) is 148 cm³/mol. The second-order valence-electron chi connectivity index (χ2n) is 9.94. The Labute approximate surface area is 230 Å². The van der Waals surface area contributed by atoms with Crippen molar-refractivity contribution < 1.29 is 13.2 Å². The minimum atomic E-state index is -3.22. The molecule has 3 aromatic heterocycles. The van der Waals surface area contributed by atoms with Crippen LogP contribution in [-0.2, 0) is 10.0 Å². The van der Waals surface area contributed by atoms with E-state index in [2.05, 4.69) is 20.1 Å². The normalized spacial score (nSPS) is 18.2. The summed E-state index contributed by atoms with van der Waals surface area (Å²) in [5.74, 6) is 1.48. The van der Waals surface area contributed by atoms with E-state index in [4.69, 9.17) is 32.9 Å². The Kier molecular flexibility index (Phi) is 6.26. The summed E-state index contributed by atoms with van der Waals surface area (Å²) in [6.45, 7) is 3.63. The van der Waals surface area contributed by atoms with Gasteiger partial charge in [0.25, 0.3) is 0 Å². The van der Waals surface area contributed by atoms with E-state index in [1.54, 1.807) is 22.9 Å². The maximum absolute atomic E-state index is 12.2. The molecule has 1 atom stereocenters. The molecule has 4 heterocycles. The summed E-state index contributed by atoms with van der Waals surface area (Å²) >= 11 is 12.6. The molecule has 1 unspecified atom stereocenters. The molecule has 1 saturated carbocycles. The molecule has 12 heteroatoms. The first-order valence-corrected chi connectivity index (χ1v) is 14.9. The summed E-state index contributed by atoms with van der Waals surface area (Å²) in [6, 6.07) is 9.69. The third-order valence-electron chi connectivity index (χ3n) is 7.30. The molecule has 0 amide bonds. The van der Waals surface area contributed by atoms with E-state index in [0.717, 1.165) is 40.8 Å². The number of fused-ring (bicyclic) bond motifs is 1. The first-order valence-electron chi connectivity index (χ1n) is 12.3. The van der Waals surface area contributed by atoms with Gasteiger partial charge in [-0.05, 0) is 50.1 Å². The Bertz CT molecular complexity index is 1600. The van der Waals surface area contributed by atoms with Crippen LogP contribution in [0.2, 0.25) is 10.0 Å². The number of aromatic nitrogens is 4. The van der Waals surface area contributed by atoms with Crippen molar-refractivity contribution in [3.63, 3.8) is 0 Å². The van der Waals surface area contributed by atoms with Crippen LogP contribution < -0.4 is 9.64 Å². The van der Waals surface area contributed by atoms with Crippen LogP contribution in [0.25, 0.3) is 22.2 Å². The largest absolute Gasteiger partial charge is 0.486 e. The summed E-state index contributed by atoms with van der Waals surface area (Å²) in [4.78, 5) is 10.9. The van der Waals surface area contributed by atoms with Crippen LogP contribution in [0.5, 0.6) is 5.75 Å². The summed E-state index contributed by atoms with van der Waals surface area (Å²) in [5.41, 5.74) is 2.89. The molecule has 1 spiro atoms. The third-order valence-corrected chi connectivity index (χ3v) is 9.28. The highest BCUT2D eigenvalue weighted by Gasteiger charge is 2.54. The zero-order valence-electron chi connectivity index (χ0n) is 20.9. The molecular weight excluding hydrogens is 547 g/mol. The van der Waals surface area contributed by atoms with Crippen molar-refractivity contribution in [1.82, 2.24) is 24.5 Å². The van der Waals surface area contributed by atoms with Crippen LogP contribution in [0.1, 0.15) is 31.4 Å². The number of hydrogen-bond acceptors (Lipinski definition) is 7. The Balaban J connectivity index is 1.23. The number of anilines is 1. The van der Waals surface area contributed by atoms with E-state index in [9.17, 15) is 8.42 Å². The van der Waals surface area contributed by atoms with Gasteiger partial charge >= 0.3 is 0 Å². The number of halogens is 2. The molecule has 6 rings (SSSR count). The van der Waals surface area contributed by atoms with E-state index >= 15 is 0 Å². The Morgan fingerprint density at radius 2 is 1.84 bits per heavy atom. The minimum Gasteiger partial charge on any atom is -0.486 e. The van der Waals surface area contributed by atoms with Crippen molar-refractivity contribution >= 4 is 49.9 Å². The lowest BCUT2D eigenvalue weighted by Crippen LogP contribution is -2.56. The van der Waals surface area contributed by atoms with Gasteiger partial charge in [0, 0.05) is 54.7 Å². The Hall–Kier alpha value is -2.92. The maximum Gasteiger partial charge on any atom is 0.211 e. The van der Waals surface area contributed by atoms with Gasteiger partial charge in [0.1, 0.15) is 23.4 Å². The second kappa shape index (κ2) is 9.37. The lowest BCUT2D eigenvalue weighted by molar-refractivity contribution is 0.227. The van der Waals surface area contributed by atoms with Crippen molar-refractivity contribution in [3.05, 3.63) is 64.5 Å². The average Bonchev–Trinajstić information content (AvgIpc) is 3.49. The molecule has 1 aliphatic carbocycles. The highest BCUT2D eigenvalue weighted by Crippen LogP contribution is 2.46. The Morgan fingerprint density at radius 3 is 2.50 bits per heavy atom. The van der Waals surface area contributed by atoms with Gasteiger partial charge in [0.15, 0.2) is 0 Å². The van der Waals surface area contributed by atoms with Gasteiger partial charge in [-0.25, -0.2) is 13.4 Å². The zero-order valence-corrected chi connectivity index (χ0v) is 23.2. The second-order valence-corrected chi connectivity index (χ2v) is 12.7. The van der Waals surface area contributed by atoms with Gasteiger partial charge < -0.3 is 9.64 Å². The maximum atomic E-state index is 12.2. The van der Waals surface area contributed by atoms with Crippen LogP contribution >= 0.6 is 23.2 Å². The van der Waals surface area contributed by atoms with E-state index in [1.165, 1.54) is 6.26 Å². The van der Waals surface area contributed by atoms with Gasteiger partial charge in [-0.15, -0.1) is 0 Å². The number of aromatic amines is 1. The van der Waals surface area contributed by atoms with Crippen molar-refractivity contribution in [1.29, 1.82) is 0 Å². The summed E-state index contributed by atoms with van der Waals surface area (Å²) in [6.07, 6.45) is 7.58. The van der Waals surface area contributed by atoms with Gasteiger partial charge in [-0.2, -0.15) is 9.40 Å². The molecule has 1 aliphatic heterocycles. The van der Waals surface area contributed by atoms with Crippen LogP contribution in [-0.4, -0.2) is 64.3 Å². The quantitative estimate of drug-likeness (QED) is 0.343. The fraction of sp³-hybridized carbons (Fsp3) is 0.346. The molecule has 1 aromatic carbocycles. The molecule has 0 radical (unpaired) electrons. The highest BCUT2D eigenvalue weighted by atomic mass is 35.5. The number of hydrogen-bond donors (Lipinski definition) is 1. The van der Waals surface area contributed by atoms with E-state index in [-0.39, 0.29) is 11.6 Å². The number of sulfonamides is 1. The van der Waals surface area contributed by atoms with E-state index in [1.807, 2.05) is 37.3 Å². The van der Waals surface area contributed by atoms with Gasteiger partial charge in [0.05, 0.1) is 27.4 Å². The average molecular weight is 574 g/mol. The molecule has 0 bridgehead atoms. The highest BCUT2D eigenvalue weighted by molar-refractivity contribution is 7.88. The number of H-pyrrole nitrogens is 1. The number of nitrogens with zero attached hydrogens (tertiary/aromatic N) is 5. The first kappa shape index (κ1) is 25.4. The van der Waals surface area contributed by atoms with Gasteiger partial charge in [0.2, 0.25) is 10.0 Å². The number of pyridine rings is 2. The van der Waals surface area contributed by atoms with Crippen LogP contribution in [0.4, 0.5) is 5.82 Å². The summed E-state index contributed by atoms with van der Waals surface area (Å²) in [7, 11) is -3.22. The molecule has 2 aliphatic rings. The number of piperazine rings is 1. The topological polar surface area (TPSA) is 104 Å². The molecule has 1 saturated heterocycles. The summed E-state index contributed by atoms with van der Waals surface area (Å²) < 4.78 is 32.3. The van der Waals surface area contributed by atoms with Crippen LogP contribution in [0, 0.1) is 0 Å². The van der Waals surface area contributed by atoms with Crippen molar-refractivity contribution in [2.24, 2.45) is 0 Å². The molecule has 38 heavy (non-hydrogen) atoms. The minimum absolute atomic E-state index is 0.289. The molecule has 2 fully saturated rings. The molecule has 1 N–H and O–H groups in total. The molecule has 198 valence electrons. The number of ether oxygens (including phenoxy) is 1. The SMILES string of the molecule is CC(Oc1ccc2[nH]nc(-c3ccc(N4CCN(S(C)(=O)=O)C5(CC5)C4)nc3)c2c1)c1c(Cl)cncc1Cl. The summed E-state index contributed by atoms with van der Waals surface area (Å²) in [5, 5.41) is 9.40. The molecule has 4 aromatic rings. The smallest absolute Gasteiger partial charge is 0.211 e. The van der Waals surface area contributed by atoms with Crippen molar-refractivity contribution in [2.75, 3.05) is 30.8 Å². The van der Waals surface area contributed by atoms with Crippen molar-refractivity contribution in [2.45, 2.75) is 31.4 Å². The van der Waals surface area contributed by atoms with Crippen LogP contribution in [0.3, 0.4) is 0 Å². The standard InChI is InChI=1S/C26H26Cl2N6O3S/c1-16(24-20(27)13-29-14-21(24)28)37-18-4-5-22-19(11-18)25(32-31-22)17-3-6-23(30-12-17)33-9-10-34(38(2,35)36)26(15-33)7-8-26/h3-6,11-14,16H,7-10,15H2,1-2H3,(H,31,32). The molecular formula is C26H26Cl2N6O3S. The first-order chi connectivity index (χ1) is 18.1. The lowest BCUT2D eigenvalue weighted by atomic mass is 10.1. The van der Waals surface area contributed by atoms with Crippen LogP contribution in [0.15, 0.2) is 48.9 Å². The Morgan fingerprint density at radius 1 is 1.08 bits per heavy atom. The predicted octanol–water partition coefficient (Wildman–Crippen LogP) is 5.08. The van der Waals surface area contributed by atoms with E-state index in [0.29, 0.717) is 41.0 Å². The molecule has 9 nitrogen and oxygen atoms in total. The van der Waals surface area contributed by atoms with Gasteiger partial charge in [-0.1, -0.05) is 23.2 Å². The fourth-order valence-corrected chi connectivity index (χ4v) is 7.33. The van der Waals surface area contributed by atoms with Gasteiger partial charge in [-0.3, -0.25) is 10.1 Å². The number of nitrogens with one attached hydrogen (secondary N) is 1. The monoisotopic (exact) mass is 572 g/mol. The fourth-order valence-electron chi connectivity index (χ4n) is 5.30. The van der Waals surface area contributed by atoms with Crippen molar-refractivity contribution in [3.8, 4) is 17.0 Å².